The number of guanidine groups is 1. The molecule has 1 aromatic carbocycles. The van der Waals surface area contributed by atoms with Crippen LogP contribution in [0.5, 0.6) is 0 Å². The molecule has 0 saturated heterocycles. The highest BCUT2D eigenvalue weighted by molar-refractivity contribution is 5.79. The second-order valence-electron chi connectivity index (χ2n) is 5.89. The number of para-hydroxylation sites is 1. The lowest BCUT2D eigenvalue weighted by Gasteiger charge is -2.23. The van der Waals surface area contributed by atoms with Gasteiger partial charge in [0.25, 0.3) is 0 Å². The van der Waals surface area contributed by atoms with Gasteiger partial charge in [0.1, 0.15) is 0 Å². The predicted octanol–water partition coefficient (Wildman–Crippen LogP) is 2.97. The Bertz CT molecular complexity index is 654. The maximum atomic E-state index is 4.40. The normalized spacial score (nSPS) is 11.2. The van der Waals surface area contributed by atoms with Gasteiger partial charge in [-0.05, 0) is 44.0 Å². The summed E-state index contributed by atoms with van der Waals surface area (Å²) in [6, 6.07) is 14.6. The number of anilines is 1. The summed E-state index contributed by atoms with van der Waals surface area (Å²) in [7, 11) is 1.79. The molecule has 0 aliphatic carbocycles. The summed E-state index contributed by atoms with van der Waals surface area (Å²) in [6.45, 7) is 7.85. The maximum Gasteiger partial charge on any atom is 0.191 e. The molecule has 0 amide bonds. The van der Waals surface area contributed by atoms with Crippen LogP contribution in [0.15, 0.2) is 53.7 Å². The van der Waals surface area contributed by atoms with Crippen LogP contribution in [-0.2, 0) is 6.54 Å². The number of aliphatic imine (C=N–C) groups is 1. The molecule has 5 nitrogen and oxygen atoms in total. The minimum absolute atomic E-state index is 0.678. The number of hydrogen-bond acceptors (Lipinski definition) is 3. The van der Waals surface area contributed by atoms with Crippen molar-refractivity contribution in [2.45, 2.75) is 26.8 Å². The minimum Gasteiger partial charge on any atom is -0.372 e. The SMILES string of the molecule is CCN(CCCNC(=NC)NCc1ncccc1C)c1ccccc1. The Labute approximate surface area is 151 Å². The van der Waals surface area contributed by atoms with Crippen molar-refractivity contribution in [3.05, 3.63) is 59.9 Å². The molecule has 134 valence electrons. The quantitative estimate of drug-likeness (QED) is 0.441. The molecule has 0 saturated carbocycles. The van der Waals surface area contributed by atoms with E-state index in [0.29, 0.717) is 6.54 Å². The van der Waals surface area contributed by atoms with Crippen molar-refractivity contribution in [2.24, 2.45) is 4.99 Å². The van der Waals surface area contributed by atoms with Crippen LogP contribution in [0.4, 0.5) is 5.69 Å². The lowest BCUT2D eigenvalue weighted by atomic mass is 10.2. The van der Waals surface area contributed by atoms with Gasteiger partial charge in [-0.25, -0.2) is 0 Å². The van der Waals surface area contributed by atoms with E-state index in [4.69, 9.17) is 0 Å². The number of aryl methyl sites for hydroxylation is 1. The van der Waals surface area contributed by atoms with E-state index in [1.165, 1.54) is 11.3 Å². The summed E-state index contributed by atoms with van der Waals surface area (Å²) in [5, 5.41) is 6.70. The molecule has 0 aliphatic rings. The summed E-state index contributed by atoms with van der Waals surface area (Å²) >= 11 is 0. The molecule has 0 fully saturated rings. The van der Waals surface area contributed by atoms with Crippen LogP contribution >= 0.6 is 0 Å². The van der Waals surface area contributed by atoms with Gasteiger partial charge in [-0.3, -0.25) is 9.98 Å². The fraction of sp³-hybridized carbons (Fsp3) is 0.400. The van der Waals surface area contributed by atoms with Crippen LogP contribution in [0.25, 0.3) is 0 Å². The van der Waals surface area contributed by atoms with Crippen molar-refractivity contribution in [1.82, 2.24) is 15.6 Å². The second kappa shape index (κ2) is 10.3. The van der Waals surface area contributed by atoms with Crippen molar-refractivity contribution in [3.63, 3.8) is 0 Å². The average molecular weight is 339 g/mol. The van der Waals surface area contributed by atoms with Crippen LogP contribution in [0.3, 0.4) is 0 Å². The van der Waals surface area contributed by atoms with E-state index < -0.39 is 0 Å². The van der Waals surface area contributed by atoms with Crippen molar-refractivity contribution < 1.29 is 0 Å². The zero-order chi connectivity index (χ0) is 17.9. The summed E-state index contributed by atoms with van der Waals surface area (Å²) in [5.41, 5.74) is 3.51. The van der Waals surface area contributed by atoms with E-state index >= 15 is 0 Å². The Balaban J connectivity index is 1.73. The Morgan fingerprint density at radius 3 is 2.60 bits per heavy atom. The Hall–Kier alpha value is -2.56. The number of pyridine rings is 1. The molecule has 0 radical (unpaired) electrons. The van der Waals surface area contributed by atoms with E-state index in [0.717, 1.165) is 37.7 Å². The largest absolute Gasteiger partial charge is 0.372 e. The predicted molar refractivity (Wildman–Crippen MR) is 106 cm³/mol. The van der Waals surface area contributed by atoms with E-state index in [1.807, 2.05) is 12.3 Å². The summed E-state index contributed by atoms with van der Waals surface area (Å²) < 4.78 is 0. The lowest BCUT2D eigenvalue weighted by molar-refractivity contribution is 0.706. The zero-order valence-electron chi connectivity index (χ0n) is 15.5. The molecule has 0 atom stereocenters. The van der Waals surface area contributed by atoms with Gasteiger partial charge in [-0.15, -0.1) is 0 Å². The molecular weight excluding hydrogens is 310 g/mol. The van der Waals surface area contributed by atoms with Gasteiger partial charge in [-0.2, -0.15) is 0 Å². The third kappa shape index (κ3) is 6.10. The number of rotatable bonds is 8. The van der Waals surface area contributed by atoms with Crippen LogP contribution in [0.1, 0.15) is 24.6 Å². The number of nitrogens with zero attached hydrogens (tertiary/aromatic N) is 3. The fourth-order valence-corrected chi connectivity index (χ4v) is 2.68. The third-order valence-electron chi connectivity index (χ3n) is 4.17. The average Bonchev–Trinajstić information content (AvgIpc) is 2.66. The standard InChI is InChI=1S/C20H29N5/c1-4-25(18-11-6-5-7-12-18)15-9-14-23-20(21-3)24-16-19-17(2)10-8-13-22-19/h5-8,10-13H,4,9,14-16H2,1-3H3,(H2,21,23,24). The Kier molecular flexibility index (Phi) is 7.76. The molecule has 0 unspecified atom stereocenters. The van der Waals surface area contributed by atoms with Crippen molar-refractivity contribution in [2.75, 3.05) is 31.6 Å². The molecule has 5 heteroatoms. The molecule has 2 N–H and O–H groups in total. The van der Waals surface area contributed by atoms with E-state index in [2.05, 4.69) is 75.8 Å². The molecule has 0 spiro atoms. The van der Waals surface area contributed by atoms with E-state index in [9.17, 15) is 0 Å². The highest BCUT2D eigenvalue weighted by Gasteiger charge is 2.04. The van der Waals surface area contributed by atoms with Crippen molar-refractivity contribution >= 4 is 11.6 Å². The summed E-state index contributed by atoms with van der Waals surface area (Å²) in [6.07, 6.45) is 2.87. The number of nitrogens with one attached hydrogen (secondary N) is 2. The summed E-state index contributed by atoms with van der Waals surface area (Å²) in [5.74, 6) is 0.813. The summed E-state index contributed by atoms with van der Waals surface area (Å²) in [4.78, 5) is 11.1. The van der Waals surface area contributed by atoms with E-state index in [-0.39, 0.29) is 0 Å². The van der Waals surface area contributed by atoms with Crippen LogP contribution in [-0.4, -0.2) is 37.6 Å². The monoisotopic (exact) mass is 339 g/mol. The van der Waals surface area contributed by atoms with Gasteiger partial charge in [0, 0.05) is 38.6 Å². The molecular formula is C20H29N5. The Morgan fingerprint density at radius 2 is 1.92 bits per heavy atom. The van der Waals surface area contributed by atoms with Crippen LogP contribution < -0.4 is 15.5 Å². The van der Waals surface area contributed by atoms with Crippen LogP contribution in [0, 0.1) is 6.92 Å². The second-order valence-corrected chi connectivity index (χ2v) is 5.89. The van der Waals surface area contributed by atoms with E-state index in [1.54, 1.807) is 7.05 Å². The van der Waals surface area contributed by atoms with Gasteiger partial charge in [-0.1, -0.05) is 24.3 Å². The first-order chi connectivity index (χ1) is 12.2. The topological polar surface area (TPSA) is 52.5 Å². The molecule has 25 heavy (non-hydrogen) atoms. The highest BCUT2D eigenvalue weighted by Crippen LogP contribution is 2.12. The lowest BCUT2D eigenvalue weighted by Crippen LogP contribution is -2.38. The fourth-order valence-electron chi connectivity index (χ4n) is 2.68. The zero-order valence-corrected chi connectivity index (χ0v) is 15.5. The number of aromatic nitrogens is 1. The molecule has 2 rings (SSSR count). The van der Waals surface area contributed by atoms with Gasteiger partial charge < -0.3 is 15.5 Å². The molecule has 0 aliphatic heterocycles. The maximum absolute atomic E-state index is 4.40. The molecule has 1 heterocycles. The Morgan fingerprint density at radius 1 is 1.12 bits per heavy atom. The first kappa shape index (κ1) is 18.8. The highest BCUT2D eigenvalue weighted by atomic mass is 15.2. The van der Waals surface area contributed by atoms with Gasteiger partial charge in [0.2, 0.25) is 0 Å². The van der Waals surface area contributed by atoms with Gasteiger partial charge in [0.05, 0.1) is 12.2 Å². The number of hydrogen-bond donors (Lipinski definition) is 2. The molecule has 0 bridgehead atoms. The first-order valence-corrected chi connectivity index (χ1v) is 8.89. The smallest absolute Gasteiger partial charge is 0.191 e. The molecule has 2 aromatic rings. The first-order valence-electron chi connectivity index (χ1n) is 8.89. The van der Waals surface area contributed by atoms with Gasteiger partial charge in [0.15, 0.2) is 5.96 Å². The van der Waals surface area contributed by atoms with Crippen molar-refractivity contribution in [3.8, 4) is 0 Å². The minimum atomic E-state index is 0.678. The van der Waals surface area contributed by atoms with Gasteiger partial charge >= 0.3 is 0 Å². The third-order valence-corrected chi connectivity index (χ3v) is 4.17. The molecule has 1 aromatic heterocycles. The number of benzene rings is 1. The van der Waals surface area contributed by atoms with Crippen molar-refractivity contribution in [1.29, 1.82) is 0 Å². The van der Waals surface area contributed by atoms with Crippen LogP contribution in [0.2, 0.25) is 0 Å².